The number of hydrogen-bond acceptors (Lipinski definition) is 7. The van der Waals surface area contributed by atoms with Crippen molar-refractivity contribution in [1.82, 2.24) is 29.8 Å². The summed E-state index contributed by atoms with van der Waals surface area (Å²) in [5.41, 5.74) is 1.12. The van der Waals surface area contributed by atoms with Crippen molar-refractivity contribution in [3.8, 4) is 17.3 Å². The number of piperidine rings is 1. The molecule has 1 saturated heterocycles. The van der Waals surface area contributed by atoms with Crippen LogP contribution in [-0.2, 0) is 4.79 Å². The number of aromatic nitrogens is 4. The van der Waals surface area contributed by atoms with Crippen molar-refractivity contribution >= 4 is 28.5 Å². The molecule has 9 nitrogen and oxygen atoms in total. The standard InChI is InChI=1S/C24H28N6O3S/c31-15-25-24(7-8-24)16-5-9-29(10-6-16)22(32)19-13-20(33-17-3-1-2-4-17)28-21(27-19)18-14-26-30-11-12-34-23(18)30/h11-17H,1-10H2,(H,25,31). The fourth-order valence-electron chi connectivity index (χ4n) is 5.49. The van der Waals surface area contributed by atoms with Gasteiger partial charge in [-0.05, 0) is 57.3 Å². The zero-order valence-electron chi connectivity index (χ0n) is 19.0. The van der Waals surface area contributed by atoms with Gasteiger partial charge in [-0.15, -0.1) is 11.3 Å². The largest absolute Gasteiger partial charge is 0.474 e. The molecular formula is C24H28N6O3S. The van der Waals surface area contributed by atoms with Crippen LogP contribution < -0.4 is 10.1 Å². The van der Waals surface area contributed by atoms with Crippen molar-refractivity contribution in [3.63, 3.8) is 0 Å². The summed E-state index contributed by atoms with van der Waals surface area (Å²) in [5, 5.41) is 9.38. The predicted octanol–water partition coefficient (Wildman–Crippen LogP) is 3.31. The minimum absolute atomic E-state index is 0.0458. The molecular weight excluding hydrogens is 452 g/mol. The number of carbonyl (C=O) groups is 2. The molecule has 3 aliphatic rings. The molecule has 2 saturated carbocycles. The van der Waals surface area contributed by atoms with Crippen LogP contribution in [0.2, 0.25) is 0 Å². The van der Waals surface area contributed by atoms with E-state index >= 15 is 0 Å². The average molecular weight is 481 g/mol. The van der Waals surface area contributed by atoms with E-state index in [2.05, 4.69) is 20.4 Å². The van der Waals surface area contributed by atoms with Crippen LogP contribution in [0.5, 0.6) is 5.88 Å². The van der Waals surface area contributed by atoms with Crippen molar-refractivity contribution in [1.29, 1.82) is 0 Å². The van der Waals surface area contributed by atoms with Crippen LogP contribution >= 0.6 is 11.3 Å². The molecule has 0 bridgehead atoms. The number of likely N-dealkylation sites (tertiary alicyclic amines) is 1. The zero-order valence-corrected chi connectivity index (χ0v) is 19.8. The number of fused-ring (bicyclic) bond motifs is 1. The molecule has 3 aromatic rings. The molecule has 34 heavy (non-hydrogen) atoms. The van der Waals surface area contributed by atoms with Crippen molar-refractivity contribution < 1.29 is 14.3 Å². The number of hydrogen-bond donors (Lipinski definition) is 1. The second kappa shape index (κ2) is 8.65. The Hall–Kier alpha value is -3.01. The van der Waals surface area contributed by atoms with Gasteiger partial charge in [0.15, 0.2) is 5.82 Å². The molecule has 0 unspecified atom stereocenters. The lowest BCUT2D eigenvalue weighted by molar-refractivity contribution is -0.110. The monoisotopic (exact) mass is 480 g/mol. The maximum absolute atomic E-state index is 13.5. The Morgan fingerprint density at radius 3 is 2.71 bits per heavy atom. The Labute approximate surface area is 201 Å². The third kappa shape index (κ3) is 3.93. The number of ether oxygens (including phenoxy) is 1. The Bertz CT molecular complexity index is 1200. The van der Waals surface area contributed by atoms with Crippen LogP contribution in [0.3, 0.4) is 0 Å². The predicted molar refractivity (Wildman–Crippen MR) is 127 cm³/mol. The molecule has 10 heteroatoms. The lowest BCUT2D eigenvalue weighted by Gasteiger charge is -2.36. The van der Waals surface area contributed by atoms with E-state index in [4.69, 9.17) is 4.74 Å². The maximum atomic E-state index is 13.5. The molecule has 6 rings (SSSR count). The summed E-state index contributed by atoms with van der Waals surface area (Å²) in [5.74, 6) is 1.25. The maximum Gasteiger partial charge on any atom is 0.272 e. The summed E-state index contributed by atoms with van der Waals surface area (Å²) in [6, 6.07) is 1.70. The van der Waals surface area contributed by atoms with Crippen molar-refractivity contribution in [2.75, 3.05) is 13.1 Å². The molecule has 2 aliphatic carbocycles. The first-order valence-corrected chi connectivity index (χ1v) is 13.0. The quantitative estimate of drug-likeness (QED) is 0.521. The lowest BCUT2D eigenvalue weighted by Crippen LogP contribution is -2.46. The lowest BCUT2D eigenvalue weighted by atomic mass is 9.87. The van der Waals surface area contributed by atoms with Crippen molar-refractivity contribution in [3.05, 3.63) is 29.5 Å². The molecule has 1 aliphatic heterocycles. The number of carbonyl (C=O) groups excluding carboxylic acids is 2. The molecule has 1 N–H and O–H groups in total. The highest BCUT2D eigenvalue weighted by Crippen LogP contribution is 2.46. The summed E-state index contributed by atoms with van der Waals surface area (Å²) in [6.07, 6.45) is 12.8. The van der Waals surface area contributed by atoms with Crippen LogP contribution in [0.15, 0.2) is 23.8 Å². The fraction of sp³-hybridized carbons (Fsp3) is 0.542. The SMILES string of the molecule is O=CNC1(C2CCN(C(=O)c3cc(OC4CCCC4)nc(-c4cnn5ccsc45)n3)CC2)CC1. The molecule has 3 aromatic heterocycles. The van der Waals surface area contributed by atoms with Crippen LogP contribution in [0.25, 0.3) is 16.2 Å². The number of nitrogens with one attached hydrogen (secondary N) is 1. The van der Waals surface area contributed by atoms with Gasteiger partial charge >= 0.3 is 0 Å². The smallest absolute Gasteiger partial charge is 0.272 e. The van der Waals surface area contributed by atoms with Gasteiger partial charge in [-0.2, -0.15) is 10.1 Å². The third-order valence-electron chi connectivity index (χ3n) is 7.58. The van der Waals surface area contributed by atoms with Gasteiger partial charge in [0.25, 0.3) is 5.91 Å². The Balaban J connectivity index is 1.26. The average Bonchev–Trinajstić information content (AvgIpc) is 3.21. The van der Waals surface area contributed by atoms with Gasteiger partial charge in [-0.25, -0.2) is 9.50 Å². The summed E-state index contributed by atoms with van der Waals surface area (Å²) in [7, 11) is 0. The number of nitrogens with zero attached hydrogens (tertiary/aromatic N) is 5. The van der Waals surface area contributed by atoms with Gasteiger partial charge in [-0.3, -0.25) is 9.59 Å². The Kier molecular flexibility index (Phi) is 5.47. The van der Waals surface area contributed by atoms with E-state index in [1.54, 1.807) is 28.1 Å². The van der Waals surface area contributed by atoms with Crippen LogP contribution in [-0.4, -0.2) is 61.5 Å². The first-order valence-electron chi connectivity index (χ1n) is 12.1. The van der Waals surface area contributed by atoms with E-state index in [1.165, 1.54) is 0 Å². The molecule has 0 aromatic carbocycles. The van der Waals surface area contributed by atoms with Gasteiger partial charge in [0.1, 0.15) is 16.6 Å². The number of thiazole rings is 1. The summed E-state index contributed by atoms with van der Waals surface area (Å²) >= 11 is 1.56. The molecule has 178 valence electrons. The van der Waals surface area contributed by atoms with E-state index in [9.17, 15) is 9.59 Å². The van der Waals surface area contributed by atoms with E-state index in [-0.39, 0.29) is 17.6 Å². The van der Waals surface area contributed by atoms with Gasteiger partial charge in [0.05, 0.1) is 11.8 Å². The second-order valence-electron chi connectivity index (χ2n) is 9.64. The molecule has 2 amide bonds. The Morgan fingerprint density at radius 2 is 1.97 bits per heavy atom. The topological polar surface area (TPSA) is 102 Å². The molecule has 0 atom stereocenters. The van der Waals surface area contributed by atoms with Gasteiger partial charge in [-0.1, -0.05) is 0 Å². The molecule has 0 spiro atoms. The second-order valence-corrected chi connectivity index (χ2v) is 10.5. The zero-order chi connectivity index (χ0) is 23.1. The van der Waals surface area contributed by atoms with Gasteiger partial charge in [0, 0.05) is 36.3 Å². The first-order chi connectivity index (χ1) is 16.6. The first kappa shape index (κ1) is 21.5. The van der Waals surface area contributed by atoms with Gasteiger partial charge < -0.3 is 15.0 Å². The summed E-state index contributed by atoms with van der Waals surface area (Å²) in [6.45, 7) is 1.32. The van der Waals surface area contributed by atoms with E-state index in [1.807, 2.05) is 16.5 Å². The highest BCUT2D eigenvalue weighted by atomic mass is 32.1. The van der Waals surface area contributed by atoms with E-state index in [0.717, 1.165) is 68.2 Å². The summed E-state index contributed by atoms with van der Waals surface area (Å²) < 4.78 is 7.99. The van der Waals surface area contributed by atoms with Crippen LogP contribution in [0, 0.1) is 5.92 Å². The van der Waals surface area contributed by atoms with Crippen LogP contribution in [0.1, 0.15) is 61.9 Å². The third-order valence-corrected chi connectivity index (χ3v) is 8.47. The minimum atomic E-state index is -0.0962. The van der Waals surface area contributed by atoms with E-state index < -0.39 is 0 Å². The Morgan fingerprint density at radius 1 is 1.18 bits per heavy atom. The normalized spacial score (nSPS) is 20.5. The molecule has 0 radical (unpaired) electrons. The van der Waals surface area contributed by atoms with Crippen LogP contribution in [0.4, 0.5) is 0 Å². The van der Waals surface area contributed by atoms with Crippen molar-refractivity contribution in [2.45, 2.75) is 63.0 Å². The summed E-state index contributed by atoms with van der Waals surface area (Å²) in [4.78, 5) is 36.7. The van der Waals surface area contributed by atoms with E-state index in [0.29, 0.717) is 36.4 Å². The molecule has 4 heterocycles. The highest BCUT2D eigenvalue weighted by Gasteiger charge is 2.49. The number of rotatable bonds is 7. The fourth-order valence-corrected chi connectivity index (χ4v) is 6.28. The van der Waals surface area contributed by atoms with Crippen molar-refractivity contribution in [2.24, 2.45) is 5.92 Å². The highest BCUT2D eigenvalue weighted by molar-refractivity contribution is 7.16. The number of amides is 2. The minimum Gasteiger partial charge on any atom is -0.474 e. The molecule has 3 fully saturated rings. The van der Waals surface area contributed by atoms with Gasteiger partial charge in [0.2, 0.25) is 12.3 Å².